The van der Waals surface area contributed by atoms with Crippen LogP contribution in [0.5, 0.6) is 0 Å². The Morgan fingerprint density at radius 3 is 2.21 bits per heavy atom. The predicted octanol–water partition coefficient (Wildman–Crippen LogP) is 5.21. The first-order chi connectivity index (χ1) is 16.3. The van der Waals surface area contributed by atoms with E-state index in [9.17, 15) is 22.4 Å². The SMILES string of the molecule is O=C(NCC(c1ccccc1)(c1cc(F)cc(C(F)(F)F)c1)c1ncccn1)NC1CCCC1. The van der Waals surface area contributed by atoms with Crippen LogP contribution in [0.4, 0.5) is 22.4 Å². The molecule has 34 heavy (non-hydrogen) atoms. The lowest BCUT2D eigenvalue weighted by Crippen LogP contribution is -2.48. The van der Waals surface area contributed by atoms with Gasteiger partial charge in [-0.1, -0.05) is 43.2 Å². The zero-order valence-corrected chi connectivity index (χ0v) is 18.3. The molecular weight excluding hydrogens is 448 g/mol. The molecule has 178 valence electrons. The summed E-state index contributed by atoms with van der Waals surface area (Å²) in [5.41, 5.74) is -2.11. The normalized spacial score (nSPS) is 16.1. The summed E-state index contributed by atoms with van der Waals surface area (Å²) >= 11 is 0. The van der Waals surface area contributed by atoms with E-state index in [1.165, 1.54) is 12.4 Å². The summed E-state index contributed by atoms with van der Waals surface area (Å²) < 4.78 is 55.4. The van der Waals surface area contributed by atoms with Gasteiger partial charge in [0.25, 0.3) is 0 Å². The van der Waals surface area contributed by atoms with Gasteiger partial charge < -0.3 is 10.6 Å². The van der Waals surface area contributed by atoms with Crippen LogP contribution in [-0.4, -0.2) is 28.6 Å². The zero-order valence-electron chi connectivity index (χ0n) is 18.3. The van der Waals surface area contributed by atoms with E-state index in [0.29, 0.717) is 11.6 Å². The molecule has 4 rings (SSSR count). The Bertz CT molecular complexity index is 1080. The van der Waals surface area contributed by atoms with Crippen LogP contribution in [-0.2, 0) is 11.6 Å². The van der Waals surface area contributed by atoms with Crippen molar-refractivity contribution < 1.29 is 22.4 Å². The molecule has 0 bridgehead atoms. The highest BCUT2D eigenvalue weighted by molar-refractivity contribution is 5.74. The minimum Gasteiger partial charge on any atom is -0.336 e. The molecule has 2 N–H and O–H groups in total. The summed E-state index contributed by atoms with van der Waals surface area (Å²) in [4.78, 5) is 21.4. The van der Waals surface area contributed by atoms with E-state index in [-0.39, 0.29) is 24.0 Å². The first kappa shape index (κ1) is 23.7. The first-order valence-electron chi connectivity index (χ1n) is 11.0. The van der Waals surface area contributed by atoms with Crippen molar-refractivity contribution in [3.05, 3.63) is 95.3 Å². The highest BCUT2D eigenvalue weighted by Gasteiger charge is 2.42. The number of nitrogens with zero attached hydrogens (tertiary/aromatic N) is 2. The number of alkyl halides is 3. The zero-order chi connectivity index (χ0) is 24.2. The van der Waals surface area contributed by atoms with Gasteiger partial charge in [-0.05, 0) is 48.2 Å². The van der Waals surface area contributed by atoms with Crippen molar-refractivity contribution in [1.82, 2.24) is 20.6 Å². The standard InChI is InChI=1S/C25H24F4N4O/c26-20-14-18(13-19(15-20)25(27,28)29)24(17-7-2-1-3-8-17,22-30-11-6-12-31-22)16-32-23(34)33-21-9-4-5-10-21/h1-3,6-8,11-15,21H,4-5,9-10,16H2,(H2,32,33,34). The Morgan fingerprint density at radius 1 is 0.912 bits per heavy atom. The van der Waals surface area contributed by atoms with Crippen LogP contribution in [0.2, 0.25) is 0 Å². The highest BCUT2D eigenvalue weighted by Crippen LogP contribution is 2.40. The van der Waals surface area contributed by atoms with Crippen LogP contribution >= 0.6 is 0 Å². The maximum atomic E-state index is 14.5. The number of aromatic nitrogens is 2. The van der Waals surface area contributed by atoms with Gasteiger partial charge in [-0.3, -0.25) is 0 Å². The van der Waals surface area contributed by atoms with Gasteiger partial charge in [-0.2, -0.15) is 13.2 Å². The number of halogens is 4. The van der Waals surface area contributed by atoms with E-state index < -0.39 is 29.0 Å². The molecule has 5 nitrogen and oxygen atoms in total. The average Bonchev–Trinajstić information content (AvgIpc) is 3.33. The fourth-order valence-corrected chi connectivity index (χ4v) is 4.47. The number of amides is 2. The van der Waals surface area contributed by atoms with Crippen LogP contribution in [0, 0.1) is 5.82 Å². The molecule has 0 radical (unpaired) electrons. The quantitative estimate of drug-likeness (QED) is 0.484. The Morgan fingerprint density at radius 2 is 1.56 bits per heavy atom. The lowest BCUT2D eigenvalue weighted by atomic mass is 9.73. The fourth-order valence-electron chi connectivity index (χ4n) is 4.47. The van der Waals surface area contributed by atoms with E-state index in [2.05, 4.69) is 20.6 Å². The van der Waals surface area contributed by atoms with E-state index in [1.807, 2.05) is 0 Å². The molecule has 1 aromatic heterocycles. The topological polar surface area (TPSA) is 66.9 Å². The summed E-state index contributed by atoms with van der Waals surface area (Å²) in [6, 6.07) is 12.1. The van der Waals surface area contributed by atoms with Gasteiger partial charge in [-0.15, -0.1) is 0 Å². The Labute approximate surface area is 194 Å². The lowest BCUT2D eigenvalue weighted by molar-refractivity contribution is -0.137. The molecule has 1 aliphatic rings. The Balaban J connectivity index is 1.84. The van der Waals surface area contributed by atoms with Gasteiger partial charge in [0.2, 0.25) is 0 Å². The second kappa shape index (κ2) is 9.79. The molecule has 0 aliphatic heterocycles. The predicted molar refractivity (Wildman–Crippen MR) is 119 cm³/mol. The van der Waals surface area contributed by atoms with Crippen LogP contribution in [0.3, 0.4) is 0 Å². The number of rotatable bonds is 6. The average molecular weight is 472 g/mol. The summed E-state index contributed by atoms with van der Waals surface area (Å²) in [6.45, 7) is -0.180. The van der Waals surface area contributed by atoms with Crippen molar-refractivity contribution in [2.45, 2.75) is 43.3 Å². The summed E-state index contributed by atoms with van der Waals surface area (Å²) in [7, 11) is 0. The fraction of sp³-hybridized carbons (Fsp3) is 0.320. The minimum absolute atomic E-state index is 0.0154. The van der Waals surface area contributed by atoms with E-state index >= 15 is 0 Å². The summed E-state index contributed by atoms with van der Waals surface area (Å²) in [5.74, 6) is -0.905. The largest absolute Gasteiger partial charge is 0.416 e. The number of nitrogens with one attached hydrogen (secondary N) is 2. The van der Waals surface area contributed by atoms with Gasteiger partial charge in [0, 0.05) is 25.0 Å². The van der Waals surface area contributed by atoms with Crippen LogP contribution in [0.1, 0.15) is 48.2 Å². The summed E-state index contributed by atoms with van der Waals surface area (Å²) in [6.07, 6.45) is 1.96. The lowest BCUT2D eigenvalue weighted by Gasteiger charge is -2.34. The number of urea groups is 1. The molecule has 1 atom stereocenters. The van der Waals surface area contributed by atoms with Gasteiger partial charge in [0.1, 0.15) is 11.6 Å². The van der Waals surface area contributed by atoms with Gasteiger partial charge in [0.15, 0.2) is 0 Å². The van der Waals surface area contributed by atoms with E-state index in [1.54, 1.807) is 36.4 Å². The number of hydrogen-bond donors (Lipinski definition) is 2. The Hall–Kier alpha value is -3.49. The second-order valence-corrected chi connectivity index (χ2v) is 8.38. The maximum Gasteiger partial charge on any atom is 0.416 e. The molecule has 1 saturated carbocycles. The smallest absolute Gasteiger partial charge is 0.336 e. The van der Waals surface area contributed by atoms with Crippen LogP contribution < -0.4 is 10.6 Å². The minimum atomic E-state index is -4.76. The number of carbonyl (C=O) groups excluding carboxylic acids is 1. The third kappa shape index (κ3) is 5.03. The molecule has 0 saturated heterocycles. The molecule has 1 unspecified atom stereocenters. The van der Waals surface area contributed by atoms with Crippen LogP contribution in [0.15, 0.2) is 67.0 Å². The van der Waals surface area contributed by atoms with Crippen molar-refractivity contribution in [3.63, 3.8) is 0 Å². The van der Waals surface area contributed by atoms with Crippen molar-refractivity contribution in [1.29, 1.82) is 0 Å². The molecule has 1 fully saturated rings. The third-order valence-electron chi connectivity index (χ3n) is 6.14. The molecule has 3 aromatic rings. The molecule has 9 heteroatoms. The molecular formula is C25H24F4N4O. The summed E-state index contributed by atoms with van der Waals surface area (Å²) in [5, 5.41) is 5.70. The van der Waals surface area contributed by atoms with Gasteiger partial charge in [0.05, 0.1) is 11.0 Å². The first-order valence-corrected chi connectivity index (χ1v) is 11.0. The van der Waals surface area contributed by atoms with Crippen molar-refractivity contribution in [3.8, 4) is 0 Å². The van der Waals surface area contributed by atoms with Crippen molar-refractivity contribution in [2.75, 3.05) is 6.54 Å². The Kier molecular flexibility index (Phi) is 6.81. The number of hydrogen-bond acceptors (Lipinski definition) is 3. The second-order valence-electron chi connectivity index (χ2n) is 8.38. The molecule has 1 aliphatic carbocycles. The van der Waals surface area contributed by atoms with Gasteiger partial charge >= 0.3 is 12.2 Å². The van der Waals surface area contributed by atoms with Crippen molar-refractivity contribution in [2.24, 2.45) is 0 Å². The van der Waals surface area contributed by atoms with Gasteiger partial charge in [-0.25, -0.2) is 19.2 Å². The molecule has 1 heterocycles. The monoisotopic (exact) mass is 472 g/mol. The molecule has 0 spiro atoms. The third-order valence-corrected chi connectivity index (χ3v) is 6.14. The van der Waals surface area contributed by atoms with Crippen LogP contribution in [0.25, 0.3) is 0 Å². The van der Waals surface area contributed by atoms with E-state index in [4.69, 9.17) is 0 Å². The number of carbonyl (C=O) groups is 1. The highest BCUT2D eigenvalue weighted by atomic mass is 19.4. The van der Waals surface area contributed by atoms with Crippen molar-refractivity contribution >= 4 is 6.03 Å². The molecule has 2 aromatic carbocycles. The number of benzene rings is 2. The molecule has 2 amide bonds. The maximum absolute atomic E-state index is 14.5. The van der Waals surface area contributed by atoms with E-state index in [0.717, 1.165) is 37.8 Å².